The number of Topliss-reactive ketones (excluding diaryl/α,β-unsaturated/α-hetero) is 1. The smallest absolute Gasteiger partial charge is 0.175 e. The Kier molecular flexibility index (Phi) is 6.47. The molecule has 3 rings (SSSR count). The molecule has 0 saturated carbocycles. The van der Waals surface area contributed by atoms with Gasteiger partial charge in [0.1, 0.15) is 0 Å². The Morgan fingerprint density at radius 3 is 2.24 bits per heavy atom. The number of para-hydroxylation sites is 1. The van der Waals surface area contributed by atoms with Crippen LogP contribution in [0.4, 0.5) is 0 Å². The molecule has 0 atom stereocenters. The highest BCUT2D eigenvalue weighted by Gasteiger charge is 2.07. The lowest BCUT2D eigenvalue weighted by molar-refractivity contribution is 0.101. The molecule has 0 saturated heterocycles. The molecule has 0 aliphatic carbocycles. The zero-order chi connectivity index (χ0) is 15.8. The van der Waals surface area contributed by atoms with E-state index in [2.05, 4.69) is 22.1 Å². The molecule has 0 aliphatic heterocycles. The standard InChI is InChI=1S/C14H12N2O.2C2H6/c1-9(17)13-7-11(8-15-13)14-6-10-4-2-3-5-12(10)16-14;2*1-2/h2-8,15-16H,1H3;2*1-2H3. The Hall–Kier alpha value is -2.29. The topological polar surface area (TPSA) is 48.6 Å². The first kappa shape index (κ1) is 16.8. The highest BCUT2D eigenvalue weighted by atomic mass is 16.1. The van der Waals surface area contributed by atoms with Crippen LogP contribution in [0.1, 0.15) is 45.1 Å². The van der Waals surface area contributed by atoms with Crippen molar-refractivity contribution in [1.82, 2.24) is 9.97 Å². The second-order valence-electron chi connectivity index (χ2n) is 4.13. The van der Waals surface area contributed by atoms with Crippen LogP contribution in [-0.4, -0.2) is 15.8 Å². The van der Waals surface area contributed by atoms with Gasteiger partial charge in [0.15, 0.2) is 5.78 Å². The van der Waals surface area contributed by atoms with E-state index >= 15 is 0 Å². The predicted molar refractivity (Wildman–Crippen MR) is 90.8 cm³/mol. The maximum absolute atomic E-state index is 11.2. The first-order valence-electron chi connectivity index (χ1n) is 7.51. The minimum atomic E-state index is 0.0485. The summed E-state index contributed by atoms with van der Waals surface area (Å²) in [5.41, 5.74) is 3.77. The zero-order valence-corrected chi connectivity index (χ0v) is 13.4. The number of carbonyl (C=O) groups excluding carboxylic acids is 1. The second kappa shape index (κ2) is 8.10. The van der Waals surface area contributed by atoms with Crippen molar-refractivity contribution in [2.45, 2.75) is 34.6 Å². The molecule has 112 valence electrons. The van der Waals surface area contributed by atoms with Gasteiger partial charge < -0.3 is 9.97 Å². The third-order valence-corrected chi connectivity index (χ3v) is 2.90. The van der Waals surface area contributed by atoms with Crippen LogP contribution in [-0.2, 0) is 0 Å². The summed E-state index contributed by atoms with van der Waals surface area (Å²) in [4.78, 5) is 17.5. The van der Waals surface area contributed by atoms with Crippen LogP contribution in [0.2, 0.25) is 0 Å². The van der Waals surface area contributed by atoms with Gasteiger partial charge in [0.05, 0.1) is 5.69 Å². The summed E-state index contributed by atoms with van der Waals surface area (Å²) in [6.45, 7) is 9.56. The number of aromatic nitrogens is 2. The molecular formula is C18H24N2O. The number of aromatic amines is 2. The SMILES string of the molecule is CC.CC.CC(=O)c1cc(-c2cc3ccccc3[nH]2)c[nH]1. The summed E-state index contributed by atoms with van der Waals surface area (Å²) in [6, 6.07) is 12.1. The molecule has 0 radical (unpaired) electrons. The van der Waals surface area contributed by atoms with E-state index in [4.69, 9.17) is 0 Å². The summed E-state index contributed by atoms with van der Waals surface area (Å²) < 4.78 is 0. The molecule has 1 aromatic carbocycles. The molecule has 2 heterocycles. The van der Waals surface area contributed by atoms with Crippen LogP contribution in [0.3, 0.4) is 0 Å². The van der Waals surface area contributed by atoms with Gasteiger partial charge in [-0.15, -0.1) is 0 Å². The maximum Gasteiger partial charge on any atom is 0.175 e. The van der Waals surface area contributed by atoms with Crippen molar-refractivity contribution in [1.29, 1.82) is 0 Å². The zero-order valence-electron chi connectivity index (χ0n) is 13.4. The molecule has 3 nitrogen and oxygen atoms in total. The largest absolute Gasteiger partial charge is 0.358 e. The molecule has 0 aliphatic rings. The van der Waals surface area contributed by atoms with E-state index in [1.54, 1.807) is 6.92 Å². The van der Waals surface area contributed by atoms with Crippen molar-refractivity contribution in [3.05, 3.63) is 48.3 Å². The summed E-state index contributed by atoms with van der Waals surface area (Å²) >= 11 is 0. The van der Waals surface area contributed by atoms with E-state index in [1.807, 2.05) is 58.2 Å². The van der Waals surface area contributed by atoms with Crippen molar-refractivity contribution in [3.8, 4) is 11.3 Å². The summed E-state index contributed by atoms with van der Waals surface area (Å²) in [7, 11) is 0. The van der Waals surface area contributed by atoms with Gasteiger partial charge in [-0.3, -0.25) is 4.79 Å². The molecule has 0 unspecified atom stereocenters. The summed E-state index contributed by atoms with van der Waals surface area (Å²) in [5.74, 6) is 0.0485. The van der Waals surface area contributed by atoms with E-state index in [0.717, 1.165) is 16.8 Å². The van der Waals surface area contributed by atoms with E-state index in [1.165, 1.54) is 5.39 Å². The van der Waals surface area contributed by atoms with Gasteiger partial charge in [0, 0.05) is 35.3 Å². The summed E-state index contributed by atoms with van der Waals surface area (Å²) in [5, 5.41) is 1.17. The fourth-order valence-corrected chi connectivity index (χ4v) is 1.98. The van der Waals surface area contributed by atoms with Crippen LogP contribution in [0.25, 0.3) is 22.2 Å². The van der Waals surface area contributed by atoms with Crippen molar-refractivity contribution in [2.75, 3.05) is 0 Å². The van der Waals surface area contributed by atoms with Crippen molar-refractivity contribution < 1.29 is 4.79 Å². The van der Waals surface area contributed by atoms with Gasteiger partial charge >= 0.3 is 0 Å². The van der Waals surface area contributed by atoms with E-state index in [9.17, 15) is 4.79 Å². The van der Waals surface area contributed by atoms with E-state index in [-0.39, 0.29) is 5.78 Å². The molecule has 2 aromatic heterocycles. The minimum absolute atomic E-state index is 0.0485. The molecule has 0 amide bonds. The van der Waals surface area contributed by atoms with Crippen molar-refractivity contribution >= 4 is 16.7 Å². The lowest BCUT2D eigenvalue weighted by atomic mass is 10.2. The highest BCUT2D eigenvalue weighted by molar-refractivity contribution is 5.94. The van der Waals surface area contributed by atoms with Crippen LogP contribution >= 0.6 is 0 Å². The Labute approximate surface area is 126 Å². The van der Waals surface area contributed by atoms with E-state index < -0.39 is 0 Å². The normalized spacial score (nSPS) is 9.38. The Morgan fingerprint density at radius 1 is 1.00 bits per heavy atom. The van der Waals surface area contributed by atoms with Crippen LogP contribution in [0, 0.1) is 0 Å². The molecule has 0 bridgehead atoms. The Balaban J connectivity index is 0.000000510. The van der Waals surface area contributed by atoms with Crippen molar-refractivity contribution in [2.24, 2.45) is 0 Å². The van der Waals surface area contributed by atoms with Crippen LogP contribution < -0.4 is 0 Å². The first-order chi connectivity index (χ1) is 10.2. The number of nitrogens with one attached hydrogen (secondary N) is 2. The predicted octanol–water partition coefficient (Wildman–Crippen LogP) is 5.42. The number of benzene rings is 1. The quantitative estimate of drug-likeness (QED) is 0.607. The fourth-order valence-electron chi connectivity index (χ4n) is 1.98. The number of fused-ring (bicyclic) bond motifs is 1. The number of rotatable bonds is 2. The first-order valence-corrected chi connectivity index (χ1v) is 7.51. The number of H-pyrrole nitrogens is 2. The number of carbonyl (C=O) groups is 1. The van der Waals surface area contributed by atoms with Gasteiger partial charge in [0.25, 0.3) is 0 Å². The molecule has 0 fully saturated rings. The molecule has 3 aromatic rings. The van der Waals surface area contributed by atoms with Gasteiger partial charge in [0.2, 0.25) is 0 Å². The van der Waals surface area contributed by atoms with Crippen LogP contribution in [0.15, 0.2) is 42.6 Å². The molecular weight excluding hydrogens is 260 g/mol. The lowest BCUT2D eigenvalue weighted by Crippen LogP contribution is -1.89. The van der Waals surface area contributed by atoms with Gasteiger partial charge in [-0.05, 0) is 18.2 Å². The van der Waals surface area contributed by atoms with Crippen LogP contribution in [0.5, 0.6) is 0 Å². The third-order valence-electron chi connectivity index (χ3n) is 2.90. The van der Waals surface area contributed by atoms with Gasteiger partial charge in [-0.25, -0.2) is 0 Å². The van der Waals surface area contributed by atoms with Gasteiger partial charge in [-0.1, -0.05) is 45.9 Å². The maximum atomic E-state index is 11.2. The third kappa shape index (κ3) is 3.85. The Bertz CT molecular complexity index is 659. The highest BCUT2D eigenvalue weighted by Crippen LogP contribution is 2.24. The number of hydrogen-bond donors (Lipinski definition) is 2. The molecule has 21 heavy (non-hydrogen) atoms. The Morgan fingerprint density at radius 2 is 1.67 bits per heavy atom. The van der Waals surface area contributed by atoms with Crippen molar-refractivity contribution in [3.63, 3.8) is 0 Å². The number of ketones is 1. The fraction of sp³-hybridized carbons (Fsp3) is 0.278. The second-order valence-corrected chi connectivity index (χ2v) is 4.13. The molecule has 0 spiro atoms. The minimum Gasteiger partial charge on any atom is -0.358 e. The molecule has 3 heteroatoms. The van der Waals surface area contributed by atoms with Gasteiger partial charge in [-0.2, -0.15) is 0 Å². The average Bonchev–Trinajstić information content (AvgIpc) is 3.18. The van der Waals surface area contributed by atoms with E-state index in [0.29, 0.717) is 5.69 Å². The lowest BCUT2D eigenvalue weighted by Gasteiger charge is -1.89. The summed E-state index contributed by atoms with van der Waals surface area (Å²) in [6.07, 6.45) is 1.85. The average molecular weight is 284 g/mol. The molecule has 2 N–H and O–H groups in total. The number of hydrogen-bond acceptors (Lipinski definition) is 1. The monoisotopic (exact) mass is 284 g/mol.